The maximum absolute atomic E-state index is 13.3. The molecular weight excluding hydrogens is 368 g/mol. The first-order valence-corrected chi connectivity index (χ1v) is 10.4. The summed E-state index contributed by atoms with van der Waals surface area (Å²) in [6, 6.07) is 10.4. The summed E-state index contributed by atoms with van der Waals surface area (Å²) in [5.74, 6) is 0.361. The molecule has 1 aromatic heterocycles. The predicted molar refractivity (Wildman–Crippen MR) is 111 cm³/mol. The van der Waals surface area contributed by atoms with Crippen LogP contribution in [0.3, 0.4) is 0 Å². The van der Waals surface area contributed by atoms with Gasteiger partial charge in [-0.25, -0.2) is 4.68 Å². The van der Waals surface area contributed by atoms with Crippen LogP contribution in [-0.2, 0) is 16.1 Å². The minimum absolute atomic E-state index is 0.250. The molecule has 156 valence electrons. The molecule has 1 aromatic carbocycles. The van der Waals surface area contributed by atoms with Gasteiger partial charge < -0.3 is 10.0 Å². The number of aromatic nitrogens is 2. The van der Waals surface area contributed by atoms with E-state index >= 15 is 0 Å². The van der Waals surface area contributed by atoms with Gasteiger partial charge in [-0.15, -0.1) is 0 Å². The third-order valence-corrected chi connectivity index (χ3v) is 5.92. The minimum atomic E-state index is -0.287. The van der Waals surface area contributed by atoms with Crippen molar-refractivity contribution in [1.29, 1.82) is 0 Å². The Hall–Kier alpha value is -2.67. The number of piperidine rings is 1. The van der Waals surface area contributed by atoms with Gasteiger partial charge in [0.15, 0.2) is 0 Å². The number of carboxylic acid groups (broad SMARTS) is 1. The molecule has 0 aliphatic carbocycles. The number of hydrogen-bond acceptors (Lipinski definition) is 4. The van der Waals surface area contributed by atoms with E-state index in [-0.39, 0.29) is 12.0 Å². The van der Waals surface area contributed by atoms with E-state index in [9.17, 15) is 4.79 Å². The molecule has 1 N–H and O–H groups in total. The molecule has 2 fully saturated rings. The van der Waals surface area contributed by atoms with Crippen LogP contribution in [0.4, 0.5) is 0 Å². The van der Waals surface area contributed by atoms with E-state index in [0.29, 0.717) is 5.91 Å². The standard InChI is InChI=1S/C21H28N4O.CH2O2/c1-2-13-23-14-5-10-21(20(23)26)11-6-15-24(21)17-18-8-3-4-9-19(18)25-16-7-12-22-25;2-1-3/h3-4,7-9,12,16H,2,5-6,10-11,13-15,17H2,1H3;1H,(H,2,3). The van der Waals surface area contributed by atoms with Crippen LogP contribution in [0.5, 0.6) is 0 Å². The summed E-state index contributed by atoms with van der Waals surface area (Å²) in [5, 5.41) is 11.3. The Morgan fingerprint density at radius 2 is 1.90 bits per heavy atom. The fraction of sp³-hybridized carbons (Fsp3) is 0.500. The van der Waals surface area contributed by atoms with Crippen LogP contribution in [0.2, 0.25) is 0 Å². The molecule has 7 heteroatoms. The SMILES string of the molecule is CCCN1CCCC2(CCCN2Cc2ccccc2-n2cccn2)C1=O.O=CO. The lowest BCUT2D eigenvalue weighted by atomic mass is 9.85. The van der Waals surface area contributed by atoms with Gasteiger partial charge in [0.1, 0.15) is 5.54 Å². The molecule has 2 aliphatic heterocycles. The molecule has 1 spiro atoms. The summed E-state index contributed by atoms with van der Waals surface area (Å²) in [6.45, 7) is 5.52. The van der Waals surface area contributed by atoms with E-state index in [0.717, 1.165) is 64.0 Å². The zero-order valence-electron chi connectivity index (χ0n) is 17.0. The van der Waals surface area contributed by atoms with Crippen molar-refractivity contribution in [1.82, 2.24) is 19.6 Å². The fourth-order valence-electron chi connectivity index (χ4n) is 4.72. The van der Waals surface area contributed by atoms with E-state index in [2.05, 4.69) is 46.1 Å². The first-order valence-electron chi connectivity index (χ1n) is 10.4. The lowest BCUT2D eigenvalue weighted by molar-refractivity contribution is -0.147. The molecule has 1 atom stereocenters. The zero-order chi connectivity index (χ0) is 20.7. The number of likely N-dealkylation sites (tertiary alicyclic amines) is 2. The van der Waals surface area contributed by atoms with Crippen molar-refractivity contribution < 1.29 is 14.7 Å². The topological polar surface area (TPSA) is 78.7 Å². The normalized spacial score (nSPS) is 21.8. The van der Waals surface area contributed by atoms with E-state index < -0.39 is 0 Å². The fourth-order valence-corrected chi connectivity index (χ4v) is 4.72. The summed E-state index contributed by atoms with van der Waals surface area (Å²) in [4.78, 5) is 26.2. The number of carbonyl (C=O) groups excluding carboxylic acids is 1. The van der Waals surface area contributed by atoms with Crippen molar-refractivity contribution in [2.45, 2.75) is 51.1 Å². The molecule has 29 heavy (non-hydrogen) atoms. The average Bonchev–Trinajstić information content (AvgIpc) is 3.38. The first kappa shape index (κ1) is 21.0. The van der Waals surface area contributed by atoms with Crippen molar-refractivity contribution >= 4 is 12.4 Å². The molecule has 0 radical (unpaired) electrons. The summed E-state index contributed by atoms with van der Waals surface area (Å²) in [7, 11) is 0. The highest BCUT2D eigenvalue weighted by Crippen LogP contribution is 2.39. The Kier molecular flexibility index (Phi) is 7.04. The van der Waals surface area contributed by atoms with E-state index in [1.807, 2.05) is 16.9 Å². The molecule has 2 aliphatic rings. The lowest BCUT2D eigenvalue weighted by Crippen LogP contribution is -2.59. The van der Waals surface area contributed by atoms with Gasteiger partial charge >= 0.3 is 0 Å². The molecule has 7 nitrogen and oxygen atoms in total. The number of nitrogens with zero attached hydrogens (tertiary/aromatic N) is 4. The number of benzene rings is 1. The van der Waals surface area contributed by atoms with Crippen LogP contribution >= 0.6 is 0 Å². The third kappa shape index (κ3) is 4.34. The molecule has 1 unspecified atom stereocenters. The van der Waals surface area contributed by atoms with Gasteiger partial charge in [-0.1, -0.05) is 25.1 Å². The second-order valence-corrected chi connectivity index (χ2v) is 7.64. The molecule has 3 heterocycles. The van der Waals surface area contributed by atoms with Crippen LogP contribution in [0.15, 0.2) is 42.7 Å². The quantitative estimate of drug-likeness (QED) is 0.784. The van der Waals surface area contributed by atoms with E-state index in [1.165, 1.54) is 5.56 Å². The van der Waals surface area contributed by atoms with Crippen molar-refractivity contribution in [3.8, 4) is 5.69 Å². The van der Waals surface area contributed by atoms with Gasteiger partial charge in [0.2, 0.25) is 5.91 Å². The summed E-state index contributed by atoms with van der Waals surface area (Å²) < 4.78 is 1.92. The van der Waals surface area contributed by atoms with Crippen LogP contribution in [0, 0.1) is 0 Å². The van der Waals surface area contributed by atoms with Crippen molar-refractivity contribution in [2.24, 2.45) is 0 Å². The number of carbonyl (C=O) groups is 2. The molecule has 0 saturated carbocycles. The van der Waals surface area contributed by atoms with Crippen LogP contribution < -0.4 is 0 Å². The van der Waals surface area contributed by atoms with Crippen LogP contribution in [0.25, 0.3) is 5.69 Å². The number of hydrogen-bond donors (Lipinski definition) is 1. The monoisotopic (exact) mass is 398 g/mol. The molecule has 2 aromatic rings. The molecular formula is C22H30N4O3. The third-order valence-electron chi connectivity index (χ3n) is 5.92. The Bertz CT molecular complexity index is 806. The maximum Gasteiger partial charge on any atom is 0.290 e. The molecule has 2 saturated heterocycles. The highest BCUT2D eigenvalue weighted by molar-refractivity contribution is 5.87. The van der Waals surface area contributed by atoms with E-state index in [4.69, 9.17) is 9.90 Å². The smallest absolute Gasteiger partial charge is 0.290 e. The Balaban J connectivity index is 0.000000755. The summed E-state index contributed by atoms with van der Waals surface area (Å²) in [6.07, 6.45) is 9.03. The second-order valence-electron chi connectivity index (χ2n) is 7.64. The Labute approximate surface area is 171 Å². The van der Waals surface area contributed by atoms with Gasteiger partial charge in [-0.2, -0.15) is 5.10 Å². The lowest BCUT2D eigenvalue weighted by Gasteiger charge is -2.45. The molecule has 4 rings (SSSR count). The van der Waals surface area contributed by atoms with Gasteiger partial charge in [0.05, 0.1) is 5.69 Å². The van der Waals surface area contributed by atoms with Gasteiger partial charge in [0, 0.05) is 32.0 Å². The number of amides is 1. The largest absolute Gasteiger partial charge is 0.483 e. The Morgan fingerprint density at radius 3 is 2.59 bits per heavy atom. The maximum atomic E-state index is 13.3. The minimum Gasteiger partial charge on any atom is -0.483 e. The predicted octanol–water partition coefficient (Wildman–Crippen LogP) is 2.94. The van der Waals surface area contributed by atoms with Gasteiger partial charge in [-0.05, 0) is 56.3 Å². The zero-order valence-corrected chi connectivity index (χ0v) is 17.0. The van der Waals surface area contributed by atoms with Crippen molar-refractivity contribution in [2.75, 3.05) is 19.6 Å². The first-order chi connectivity index (χ1) is 14.2. The summed E-state index contributed by atoms with van der Waals surface area (Å²) in [5.41, 5.74) is 2.05. The average molecular weight is 399 g/mol. The highest BCUT2D eigenvalue weighted by Gasteiger charge is 2.50. The van der Waals surface area contributed by atoms with Gasteiger partial charge in [0.25, 0.3) is 6.47 Å². The van der Waals surface area contributed by atoms with Crippen molar-refractivity contribution in [3.63, 3.8) is 0 Å². The number of rotatable bonds is 5. The second kappa shape index (κ2) is 9.69. The van der Waals surface area contributed by atoms with Crippen LogP contribution in [-0.4, -0.2) is 62.2 Å². The molecule has 1 amide bonds. The van der Waals surface area contributed by atoms with E-state index in [1.54, 1.807) is 6.20 Å². The highest BCUT2D eigenvalue weighted by atomic mass is 16.3. The van der Waals surface area contributed by atoms with Crippen LogP contribution in [0.1, 0.15) is 44.6 Å². The summed E-state index contributed by atoms with van der Waals surface area (Å²) >= 11 is 0. The van der Waals surface area contributed by atoms with Gasteiger partial charge in [-0.3, -0.25) is 14.5 Å². The molecule has 0 bridgehead atoms. The van der Waals surface area contributed by atoms with Crippen molar-refractivity contribution in [3.05, 3.63) is 48.3 Å². The number of para-hydroxylation sites is 1. The Morgan fingerprint density at radius 1 is 1.17 bits per heavy atom.